The maximum absolute atomic E-state index is 12.2. The summed E-state index contributed by atoms with van der Waals surface area (Å²) in [7, 11) is 0. The van der Waals surface area contributed by atoms with Gasteiger partial charge in [0, 0.05) is 24.8 Å². The lowest BCUT2D eigenvalue weighted by Gasteiger charge is -2.37. The summed E-state index contributed by atoms with van der Waals surface area (Å²) < 4.78 is 50.9. The second-order valence-corrected chi connectivity index (χ2v) is 7.50. The first-order chi connectivity index (χ1) is 13.5. The van der Waals surface area contributed by atoms with E-state index >= 15 is 0 Å². The maximum Gasteiger partial charge on any atom is 0.573 e. The summed E-state index contributed by atoms with van der Waals surface area (Å²) in [4.78, 5) is 2.37. The molecule has 4 rings (SSSR count). The number of fused-ring (bicyclic) bond motifs is 1. The molecular weight excluding hydrogens is 389 g/mol. The molecule has 2 heterocycles. The zero-order valence-corrected chi connectivity index (χ0v) is 15.8. The highest BCUT2D eigenvalue weighted by Gasteiger charge is 2.31. The fourth-order valence-electron chi connectivity index (χ4n) is 3.49. The molecule has 148 valence electrons. The van der Waals surface area contributed by atoms with E-state index in [2.05, 4.69) is 14.0 Å². The van der Waals surface area contributed by atoms with Gasteiger partial charge in [0.05, 0.1) is 0 Å². The minimum atomic E-state index is -4.70. The predicted octanol–water partition coefficient (Wildman–Crippen LogP) is 5.62. The van der Waals surface area contributed by atoms with Gasteiger partial charge in [-0.2, -0.15) is 0 Å². The SMILES string of the molecule is FC(F)(F)Oc1ccc(Oc2ccc(C3CCCN4CCSN=C34)cc2)cc1. The summed E-state index contributed by atoms with van der Waals surface area (Å²) in [6, 6.07) is 13.2. The van der Waals surface area contributed by atoms with Gasteiger partial charge in [-0.15, -0.1) is 13.2 Å². The van der Waals surface area contributed by atoms with Crippen LogP contribution < -0.4 is 9.47 Å². The highest BCUT2D eigenvalue weighted by Crippen LogP contribution is 2.34. The molecule has 1 unspecified atom stereocenters. The van der Waals surface area contributed by atoms with Crippen molar-refractivity contribution in [3.8, 4) is 17.2 Å². The first-order valence-corrected chi connectivity index (χ1v) is 10.0. The van der Waals surface area contributed by atoms with Gasteiger partial charge < -0.3 is 14.4 Å². The van der Waals surface area contributed by atoms with Crippen LogP contribution in [0.25, 0.3) is 0 Å². The maximum atomic E-state index is 12.2. The van der Waals surface area contributed by atoms with Gasteiger partial charge in [0.1, 0.15) is 23.1 Å². The van der Waals surface area contributed by atoms with E-state index < -0.39 is 6.36 Å². The van der Waals surface area contributed by atoms with Crippen molar-refractivity contribution in [1.82, 2.24) is 4.90 Å². The van der Waals surface area contributed by atoms with Crippen LogP contribution in [-0.2, 0) is 0 Å². The molecule has 2 aromatic rings. The highest BCUT2D eigenvalue weighted by atomic mass is 32.2. The number of nitrogens with zero attached hydrogens (tertiary/aromatic N) is 2. The van der Waals surface area contributed by atoms with E-state index in [0.717, 1.165) is 37.5 Å². The molecule has 4 nitrogen and oxygen atoms in total. The molecule has 28 heavy (non-hydrogen) atoms. The number of hydrogen-bond donors (Lipinski definition) is 0. The summed E-state index contributed by atoms with van der Waals surface area (Å²) in [5.41, 5.74) is 1.20. The van der Waals surface area contributed by atoms with Gasteiger partial charge >= 0.3 is 6.36 Å². The van der Waals surface area contributed by atoms with Gasteiger partial charge in [0.15, 0.2) is 0 Å². The average Bonchev–Trinajstić information content (AvgIpc) is 2.69. The lowest BCUT2D eigenvalue weighted by atomic mass is 9.89. The number of rotatable bonds is 4. The third-order valence-corrected chi connectivity index (χ3v) is 5.42. The lowest BCUT2D eigenvalue weighted by Crippen LogP contribution is -2.42. The molecule has 0 radical (unpaired) electrons. The fourth-order valence-corrected chi connectivity index (χ4v) is 4.26. The first kappa shape index (κ1) is 19.0. The Labute approximate surface area is 165 Å². The van der Waals surface area contributed by atoms with Crippen LogP contribution in [0, 0.1) is 0 Å². The average molecular weight is 408 g/mol. The van der Waals surface area contributed by atoms with E-state index in [-0.39, 0.29) is 5.75 Å². The van der Waals surface area contributed by atoms with Crippen molar-refractivity contribution in [2.75, 3.05) is 18.8 Å². The van der Waals surface area contributed by atoms with Crippen molar-refractivity contribution in [2.45, 2.75) is 25.1 Å². The summed E-state index contributed by atoms with van der Waals surface area (Å²) in [6.07, 6.45) is -2.47. The summed E-state index contributed by atoms with van der Waals surface area (Å²) in [6.45, 7) is 2.13. The molecule has 0 aliphatic carbocycles. The molecule has 0 N–H and O–H groups in total. The van der Waals surface area contributed by atoms with Crippen molar-refractivity contribution >= 4 is 17.8 Å². The minimum absolute atomic E-state index is 0.275. The molecule has 2 aromatic carbocycles. The van der Waals surface area contributed by atoms with Crippen LogP contribution in [0.15, 0.2) is 52.9 Å². The Bertz CT molecular complexity index is 838. The van der Waals surface area contributed by atoms with Crippen molar-refractivity contribution < 1.29 is 22.6 Å². The first-order valence-electron chi connectivity index (χ1n) is 9.06. The summed E-state index contributed by atoms with van der Waals surface area (Å²) in [5, 5.41) is 0. The Morgan fingerprint density at radius 3 is 2.25 bits per heavy atom. The summed E-state index contributed by atoms with van der Waals surface area (Å²) in [5.74, 6) is 3.30. The van der Waals surface area contributed by atoms with Crippen LogP contribution >= 0.6 is 11.9 Å². The second kappa shape index (κ2) is 7.95. The van der Waals surface area contributed by atoms with Crippen LogP contribution in [0.3, 0.4) is 0 Å². The van der Waals surface area contributed by atoms with Gasteiger partial charge in [-0.3, -0.25) is 0 Å². The number of amidine groups is 1. The van der Waals surface area contributed by atoms with E-state index in [1.807, 2.05) is 24.3 Å². The van der Waals surface area contributed by atoms with E-state index in [1.165, 1.54) is 29.8 Å². The molecule has 2 aliphatic rings. The largest absolute Gasteiger partial charge is 0.573 e. The smallest absolute Gasteiger partial charge is 0.457 e. The molecule has 1 atom stereocenters. The van der Waals surface area contributed by atoms with Crippen LogP contribution in [-0.4, -0.2) is 35.9 Å². The van der Waals surface area contributed by atoms with E-state index in [0.29, 0.717) is 17.4 Å². The van der Waals surface area contributed by atoms with Crippen LogP contribution in [0.1, 0.15) is 24.3 Å². The molecular formula is C20H19F3N2O2S. The standard InChI is InChI=1S/C20H19F3N2O2S/c21-20(22,23)27-17-9-7-16(8-10-17)26-15-5-3-14(4-6-15)18-2-1-11-25-12-13-28-24-19(18)25/h3-10,18H,1-2,11-13H2. The molecule has 0 bridgehead atoms. The van der Waals surface area contributed by atoms with E-state index in [9.17, 15) is 13.2 Å². The van der Waals surface area contributed by atoms with Crippen molar-refractivity contribution in [2.24, 2.45) is 4.40 Å². The zero-order valence-electron chi connectivity index (χ0n) is 15.0. The number of benzene rings is 2. The fraction of sp³-hybridized carbons (Fsp3) is 0.350. The Balaban J connectivity index is 1.43. The number of piperidine rings is 1. The Morgan fingerprint density at radius 1 is 0.929 bits per heavy atom. The Kier molecular flexibility index (Phi) is 5.39. The molecule has 8 heteroatoms. The monoisotopic (exact) mass is 408 g/mol. The van der Waals surface area contributed by atoms with Gasteiger partial charge in [-0.25, -0.2) is 4.40 Å². The molecule has 0 spiro atoms. The minimum Gasteiger partial charge on any atom is -0.457 e. The molecule has 0 aromatic heterocycles. The van der Waals surface area contributed by atoms with Crippen molar-refractivity contribution in [3.63, 3.8) is 0 Å². The molecule has 0 saturated carbocycles. The summed E-state index contributed by atoms with van der Waals surface area (Å²) >= 11 is 1.63. The third kappa shape index (κ3) is 4.55. The third-order valence-electron chi connectivity index (χ3n) is 4.74. The molecule has 2 aliphatic heterocycles. The number of halogens is 3. The van der Waals surface area contributed by atoms with Gasteiger partial charge in [-0.05, 0) is 66.8 Å². The second-order valence-electron chi connectivity index (χ2n) is 6.65. The topological polar surface area (TPSA) is 34.1 Å². The van der Waals surface area contributed by atoms with Crippen molar-refractivity contribution in [3.05, 3.63) is 54.1 Å². The number of hydrogen-bond acceptors (Lipinski definition) is 5. The molecule has 1 saturated heterocycles. The Morgan fingerprint density at radius 2 is 1.57 bits per heavy atom. The van der Waals surface area contributed by atoms with Gasteiger partial charge in [0.25, 0.3) is 0 Å². The predicted molar refractivity (Wildman–Crippen MR) is 103 cm³/mol. The van der Waals surface area contributed by atoms with E-state index in [1.54, 1.807) is 11.9 Å². The lowest BCUT2D eigenvalue weighted by molar-refractivity contribution is -0.274. The number of alkyl halides is 3. The number of ether oxygens (including phenoxy) is 2. The van der Waals surface area contributed by atoms with Crippen molar-refractivity contribution in [1.29, 1.82) is 0 Å². The van der Waals surface area contributed by atoms with Gasteiger partial charge in [-0.1, -0.05) is 12.1 Å². The highest BCUT2D eigenvalue weighted by molar-refractivity contribution is 7.98. The molecule has 0 amide bonds. The molecule has 1 fully saturated rings. The van der Waals surface area contributed by atoms with Crippen LogP contribution in [0.5, 0.6) is 17.2 Å². The normalized spacial score (nSPS) is 19.6. The van der Waals surface area contributed by atoms with Crippen LogP contribution in [0.4, 0.5) is 13.2 Å². The quantitative estimate of drug-likeness (QED) is 0.615. The zero-order chi connectivity index (χ0) is 19.6. The van der Waals surface area contributed by atoms with E-state index in [4.69, 9.17) is 4.74 Å². The van der Waals surface area contributed by atoms with Crippen LogP contribution in [0.2, 0.25) is 0 Å². The Hall–Kier alpha value is -2.35. The van der Waals surface area contributed by atoms with Gasteiger partial charge in [0.2, 0.25) is 0 Å².